The minimum Gasteiger partial charge on any atom is -0.353 e. The third-order valence-electron chi connectivity index (χ3n) is 3.14. The Kier molecular flexibility index (Phi) is 5.97. The van der Waals surface area contributed by atoms with Crippen molar-refractivity contribution in [2.75, 3.05) is 27.2 Å². The summed E-state index contributed by atoms with van der Waals surface area (Å²) in [4.78, 5) is 15.6. The molecule has 2 N–H and O–H groups in total. The molecule has 0 saturated heterocycles. The van der Waals surface area contributed by atoms with Gasteiger partial charge in [-0.25, -0.2) is 0 Å². The Bertz CT molecular complexity index is 387. The molecule has 108 valence electrons. The Morgan fingerprint density at radius 1 is 1.47 bits per heavy atom. The molecule has 0 saturated carbocycles. The average Bonchev–Trinajstić information content (AvgIpc) is 2.82. The Balaban J connectivity index is 2.61. The molecule has 0 bridgehead atoms. The van der Waals surface area contributed by atoms with Crippen molar-refractivity contribution in [3.05, 3.63) is 22.4 Å². The number of carbonyl (C=O) groups is 1. The van der Waals surface area contributed by atoms with Crippen molar-refractivity contribution in [2.45, 2.75) is 32.4 Å². The zero-order chi connectivity index (χ0) is 14.5. The highest BCUT2D eigenvalue weighted by atomic mass is 32.1. The zero-order valence-electron chi connectivity index (χ0n) is 12.5. The Hall–Kier alpha value is -0.910. The maximum absolute atomic E-state index is 12.2. The van der Waals surface area contributed by atoms with Crippen LogP contribution in [0.5, 0.6) is 0 Å². The third kappa shape index (κ3) is 4.60. The van der Waals surface area contributed by atoms with Gasteiger partial charge in [0.15, 0.2) is 0 Å². The van der Waals surface area contributed by atoms with E-state index in [2.05, 4.69) is 27.0 Å². The summed E-state index contributed by atoms with van der Waals surface area (Å²) in [6.07, 6.45) is 0. The molecule has 0 aromatic carbocycles. The molecule has 4 nitrogen and oxygen atoms in total. The monoisotopic (exact) mass is 283 g/mol. The number of hydrogen-bond acceptors (Lipinski definition) is 4. The van der Waals surface area contributed by atoms with E-state index in [1.54, 1.807) is 11.3 Å². The van der Waals surface area contributed by atoms with E-state index in [0.717, 1.165) is 6.54 Å². The summed E-state index contributed by atoms with van der Waals surface area (Å²) in [5, 5.41) is 8.29. The van der Waals surface area contributed by atoms with E-state index in [4.69, 9.17) is 0 Å². The molecule has 0 spiro atoms. The van der Waals surface area contributed by atoms with Crippen LogP contribution >= 0.6 is 11.3 Å². The van der Waals surface area contributed by atoms with Crippen molar-refractivity contribution in [2.24, 2.45) is 0 Å². The van der Waals surface area contributed by atoms with E-state index in [1.165, 1.54) is 4.88 Å². The molecular weight excluding hydrogens is 258 g/mol. The number of rotatable bonds is 7. The Labute approximate surface area is 120 Å². The first kappa shape index (κ1) is 16.1. The molecule has 1 atom stereocenters. The summed E-state index contributed by atoms with van der Waals surface area (Å²) in [7, 11) is 4.07. The molecule has 1 amide bonds. The fourth-order valence-electron chi connectivity index (χ4n) is 1.95. The van der Waals surface area contributed by atoms with E-state index in [-0.39, 0.29) is 11.9 Å². The molecule has 1 rings (SSSR count). The lowest BCUT2D eigenvalue weighted by molar-refractivity contribution is -0.126. The van der Waals surface area contributed by atoms with Crippen LogP contribution in [-0.4, -0.2) is 43.5 Å². The van der Waals surface area contributed by atoms with Gasteiger partial charge in [0, 0.05) is 11.4 Å². The van der Waals surface area contributed by atoms with E-state index in [1.807, 2.05) is 40.9 Å². The lowest BCUT2D eigenvalue weighted by Gasteiger charge is -2.28. The second kappa shape index (κ2) is 7.03. The van der Waals surface area contributed by atoms with Crippen molar-refractivity contribution >= 4 is 17.2 Å². The van der Waals surface area contributed by atoms with Gasteiger partial charge in [-0.05, 0) is 45.9 Å². The highest BCUT2D eigenvalue weighted by molar-refractivity contribution is 7.10. The first-order valence-electron chi connectivity index (χ1n) is 6.61. The maximum Gasteiger partial charge on any atom is 0.239 e. The van der Waals surface area contributed by atoms with Crippen LogP contribution in [0.2, 0.25) is 0 Å². The van der Waals surface area contributed by atoms with Crippen LogP contribution < -0.4 is 10.6 Å². The molecule has 1 aromatic rings. The van der Waals surface area contributed by atoms with Gasteiger partial charge < -0.3 is 15.5 Å². The van der Waals surface area contributed by atoms with E-state index >= 15 is 0 Å². The Morgan fingerprint density at radius 3 is 2.63 bits per heavy atom. The lowest BCUT2D eigenvalue weighted by atomic mass is 10.0. The smallest absolute Gasteiger partial charge is 0.239 e. The van der Waals surface area contributed by atoms with Gasteiger partial charge in [0.05, 0.1) is 11.6 Å². The maximum atomic E-state index is 12.2. The second-order valence-electron chi connectivity index (χ2n) is 5.36. The predicted octanol–water partition coefficient (Wildman–Crippen LogP) is 1.86. The van der Waals surface area contributed by atoms with Crippen molar-refractivity contribution in [1.29, 1.82) is 0 Å². The Morgan fingerprint density at radius 2 is 2.16 bits per heavy atom. The summed E-state index contributed by atoms with van der Waals surface area (Å²) in [5.74, 6) is 0.0396. The van der Waals surface area contributed by atoms with Crippen LogP contribution in [-0.2, 0) is 4.79 Å². The van der Waals surface area contributed by atoms with Crippen LogP contribution in [0.3, 0.4) is 0 Å². The quantitative estimate of drug-likeness (QED) is 0.803. The second-order valence-corrected chi connectivity index (χ2v) is 6.34. The van der Waals surface area contributed by atoms with Gasteiger partial charge in [0.2, 0.25) is 5.91 Å². The topological polar surface area (TPSA) is 44.4 Å². The number of amides is 1. The summed E-state index contributed by atoms with van der Waals surface area (Å²) >= 11 is 1.72. The summed E-state index contributed by atoms with van der Waals surface area (Å²) in [6, 6.07) is 4.37. The molecule has 19 heavy (non-hydrogen) atoms. The minimum atomic E-state index is -0.527. The van der Waals surface area contributed by atoms with Crippen LogP contribution in [0.25, 0.3) is 0 Å². The van der Waals surface area contributed by atoms with Gasteiger partial charge in [-0.15, -0.1) is 11.3 Å². The van der Waals surface area contributed by atoms with Crippen LogP contribution in [0, 0.1) is 0 Å². The number of thiophene rings is 1. The normalized spacial score (nSPS) is 13.6. The lowest BCUT2D eigenvalue weighted by Crippen LogP contribution is -2.53. The first-order valence-corrected chi connectivity index (χ1v) is 7.49. The molecule has 0 fully saturated rings. The van der Waals surface area contributed by atoms with Crippen molar-refractivity contribution in [1.82, 2.24) is 15.5 Å². The van der Waals surface area contributed by atoms with Crippen molar-refractivity contribution < 1.29 is 4.79 Å². The molecule has 1 heterocycles. The van der Waals surface area contributed by atoms with Crippen LogP contribution in [0.15, 0.2) is 17.5 Å². The molecule has 0 aliphatic carbocycles. The van der Waals surface area contributed by atoms with E-state index in [9.17, 15) is 4.79 Å². The van der Waals surface area contributed by atoms with E-state index < -0.39 is 5.54 Å². The predicted molar refractivity (Wildman–Crippen MR) is 81.5 cm³/mol. The largest absolute Gasteiger partial charge is 0.353 e. The SMILES string of the molecule is CCNC(C)(C)C(=O)NCC(c1cccs1)N(C)C. The number of hydrogen-bond donors (Lipinski definition) is 2. The fraction of sp³-hybridized carbons (Fsp3) is 0.643. The van der Waals surface area contributed by atoms with E-state index in [0.29, 0.717) is 6.54 Å². The van der Waals surface area contributed by atoms with Gasteiger partial charge in [-0.3, -0.25) is 4.79 Å². The van der Waals surface area contributed by atoms with Crippen LogP contribution in [0.1, 0.15) is 31.7 Å². The summed E-state index contributed by atoms with van der Waals surface area (Å²) in [6.45, 7) is 7.22. The van der Waals surface area contributed by atoms with Gasteiger partial charge in [-0.2, -0.15) is 0 Å². The standard InChI is InChI=1S/C14H25N3OS/c1-6-16-14(2,3)13(18)15-10-11(17(4)5)12-8-7-9-19-12/h7-9,11,16H,6,10H2,1-5H3,(H,15,18). The minimum absolute atomic E-state index is 0.0396. The molecule has 0 aliphatic heterocycles. The van der Waals surface area contributed by atoms with Crippen molar-refractivity contribution in [3.63, 3.8) is 0 Å². The molecule has 1 aromatic heterocycles. The number of nitrogens with zero attached hydrogens (tertiary/aromatic N) is 1. The molecule has 0 aliphatic rings. The van der Waals surface area contributed by atoms with Gasteiger partial charge in [0.1, 0.15) is 0 Å². The average molecular weight is 283 g/mol. The number of nitrogens with one attached hydrogen (secondary N) is 2. The summed E-state index contributed by atoms with van der Waals surface area (Å²) in [5.41, 5.74) is -0.527. The zero-order valence-corrected chi connectivity index (χ0v) is 13.3. The first-order chi connectivity index (χ1) is 8.88. The fourth-order valence-corrected chi connectivity index (χ4v) is 2.87. The third-order valence-corrected chi connectivity index (χ3v) is 4.11. The molecular formula is C14H25N3OS. The number of likely N-dealkylation sites (N-methyl/N-ethyl adjacent to an activating group) is 2. The van der Waals surface area contributed by atoms with Crippen LogP contribution in [0.4, 0.5) is 0 Å². The highest BCUT2D eigenvalue weighted by Gasteiger charge is 2.27. The van der Waals surface area contributed by atoms with Gasteiger partial charge >= 0.3 is 0 Å². The highest BCUT2D eigenvalue weighted by Crippen LogP contribution is 2.22. The molecule has 0 radical (unpaired) electrons. The van der Waals surface area contributed by atoms with Gasteiger partial charge in [0.25, 0.3) is 0 Å². The number of carbonyl (C=O) groups excluding carboxylic acids is 1. The molecule has 1 unspecified atom stereocenters. The molecule has 5 heteroatoms. The summed E-state index contributed by atoms with van der Waals surface area (Å²) < 4.78 is 0. The van der Waals surface area contributed by atoms with Crippen molar-refractivity contribution in [3.8, 4) is 0 Å². The van der Waals surface area contributed by atoms with Gasteiger partial charge in [-0.1, -0.05) is 13.0 Å².